The third kappa shape index (κ3) is 4.69. The first-order valence-corrected chi connectivity index (χ1v) is 6.55. The molecule has 0 saturated heterocycles. The molecule has 0 aliphatic carbocycles. The average Bonchev–Trinajstić information content (AvgIpc) is 2.36. The second-order valence-electron chi connectivity index (χ2n) is 4.43. The number of carbonyl (C=O) groups is 1. The van der Waals surface area contributed by atoms with Gasteiger partial charge in [0.1, 0.15) is 11.5 Å². The molecule has 0 aromatic carbocycles. The van der Waals surface area contributed by atoms with E-state index in [0.29, 0.717) is 0 Å². The molecular weight excluding hydrogens is 228 g/mol. The zero-order valence-corrected chi connectivity index (χ0v) is 11.1. The SMILES string of the molecule is CCCCC(CCC)NC(=O)c1cncc(N)n1. The van der Waals surface area contributed by atoms with Crippen LogP contribution in [0.3, 0.4) is 0 Å². The molecule has 0 fully saturated rings. The summed E-state index contributed by atoms with van der Waals surface area (Å²) in [7, 11) is 0. The minimum Gasteiger partial charge on any atom is -0.382 e. The smallest absolute Gasteiger partial charge is 0.271 e. The molecule has 1 heterocycles. The lowest BCUT2D eigenvalue weighted by molar-refractivity contribution is 0.0927. The number of anilines is 1. The van der Waals surface area contributed by atoms with Crippen LogP contribution in [0.25, 0.3) is 0 Å². The number of rotatable bonds is 7. The van der Waals surface area contributed by atoms with Crippen LogP contribution in [-0.4, -0.2) is 21.9 Å². The fourth-order valence-electron chi connectivity index (χ4n) is 1.84. The van der Waals surface area contributed by atoms with E-state index in [-0.39, 0.29) is 23.5 Å². The molecule has 5 nitrogen and oxygen atoms in total. The van der Waals surface area contributed by atoms with Gasteiger partial charge in [-0.15, -0.1) is 0 Å². The van der Waals surface area contributed by atoms with E-state index in [2.05, 4.69) is 29.1 Å². The van der Waals surface area contributed by atoms with Crippen LogP contribution >= 0.6 is 0 Å². The van der Waals surface area contributed by atoms with Gasteiger partial charge in [-0.05, 0) is 12.8 Å². The van der Waals surface area contributed by atoms with Crippen LogP contribution in [0, 0.1) is 0 Å². The molecule has 0 aliphatic heterocycles. The van der Waals surface area contributed by atoms with Crippen molar-refractivity contribution in [1.29, 1.82) is 0 Å². The van der Waals surface area contributed by atoms with Gasteiger partial charge in [-0.3, -0.25) is 9.78 Å². The molecule has 0 aliphatic rings. The molecule has 0 saturated carbocycles. The number of hydrogen-bond acceptors (Lipinski definition) is 4. The van der Waals surface area contributed by atoms with Crippen LogP contribution in [0.5, 0.6) is 0 Å². The third-order valence-electron chi connectivity index (χ3n) is 2.76. The Morgan fingerprint density at radius 1 is 1.33 bits per heavy atom. The van der Waals surface area contributed by atoms with Gasteiger partial charge in [0.25, 0.3) is 5.91 Å². The highest BCUT2D eigenvalue weighted by molar-refractivity contribution is 5.92. The summed E-state index contributed by atoms with van der Waals surface area (Å²) in [4.78, 5) is 19.8. The van der Waals surface area contributed by atoms with E-state index in [4.69, 9.17) is 5.73 Å². The Morgan fingerprint density at radius 3 is 2.72 bits per heavy atom. The Labute approximate surface area is 108 Å². The van der Waals surface area contributed by atoms with Gasteiger partial charge in [-0.25, -0.2) is 4.98 Å². The summed E-state index contributed by atoms with van der Waals surface area (Å²) in [6, 6.07) is 0.214. The summed E-state index contributed by atoms with van der Waals surface area (Å²) < 4.78 is 0. The van der Waals surface area contributed by atoms with E-state index in [9.17, 15) is 4.79 Å². The molecule has 100 valence electrons. The Hall–Kier alpha value is -1.65. The quantitative estimate of drug-likeness (QED) is 0.777. The molecule has 1 rings (SSSR count). The van der Waals surface area contributed by atoms with Crippen LogP contribution < -0.4 is 11.1 Å². The molecule has 3 N–H and O–H groups in total. The van der Waals surface area contributed by atoms with Crippen molar-refractivity contribution < 1.29 is 4.79 Å². The number of nitrogens with one attached hydrogen (secondary N) is 1. The summed E-state index contributed by atoms with van der Waals surface area (Å²) in [6.45, 7) is 4.26. The average molecular weight is 250 g/mol. The molecule has 0 bridgehead atoms. The Bertz CT molecular complexity index is 381. The number of aromatic nitrogens is 2. The zero-order valence-electron chi connectivity index (χ0n) is 11.1. The van der Waals surface area contributed by atoms with E-state index < -0.39 is 0 Å². The van der Waals surface area contributed by atoms with E-state index in [1.807, 2.05) is 0 Å². The number of hydrogen-bond donors (Lipinski definition) is 2. The molecule has 0 spiro atoms. The Morgan fingerprint density at radius 2 is 2.11 bits per heavy atom. The maximum absolute atomic E-state index is 12.0. The normalized spacial score (nSPS) is 12.1. The van der Waals surface area contributed by atoms with Gasteiger partial charge in [0.05, 0.1) is 12.4 Å². The van der Waals surface area contributed by atoms with Crippen LogP contribution in [0.2, 0.25) is 0 Å². The summed E-state index contributed by atoms with van der Waals surface area (Å²) in [6.07, 6.45) is 8.16. The molecule has 1 atom stereocenters. The molecule has 18 heavy (non-hydrogen) atoms. The maximum Gasteiger partial charge on any atom is 0.271 e. The van der Waals surface area contributed by atoms with E-state index >= 15 is 0 Å². The summed E-state index contributed by atoms with van der Waals surface area (Å²) in [5.41, 5.74) is 5.80. The minimum atomic E-state index is -0.190. The minimum absolute atomic E-state index is 0.190. The van der Waals surface area contributed by atoms with Crippen molar-refractivity contribution in [2.45, 2.75) is 52.0 Å². The number of nitrogens with zero attached hydrogens (tertiary/aromatic N) is 2. The zero-order chi connectivity index (χ0) is 13.4. The second-order valence-corrected chi connectivity index (χ2v) is 4.43. The van der Waals surface area contributed by atoms with E-state index in [1.165, 1.54) is 12.4 Å². The van der Waals surface area contributed by atoms with E-state index in [0.717, 1.165) is 32.1 Å². The highest BCUT2D eigenvalue weighted by atomic mass is 16.1. The first-order valence-electron chi connectivity index (χ1n) is 6.55. The Kier molecular flexibility index (Phi) is 6.11. The van der Waals surface area contributed by atoms with Crippen LogP contribution in [0.1, 0.15) is 56.4 Å². The molecule has 1 unspecified atom stereocenters. The highest BCUT2D eigenvalue weighted by Gasteiger charge is 2.14. The lowest BCUT2D eigenvalue weighted by Crippen LogP contribution is -2.35. The third-order valence-corrected chi connectivity index (χ3v) is 2.76. The van der Waals surface area contributed by atoms with Crippen molar-refractivity contribution in [2.24, 2.45) is 0 Å². The highest BCUT2D eigenvalue weighted by Crippen LogP contribution is 2.08. The fraction of sp³-hybridized carbons (Fsp3) is 0.615. The lowest BCUT2D eigenvalue weighted by Gasteiger charge is -2.17. The fourth-order valence-corrected chi connectivity index (χ4v) is 1.84. The van der Waals surface area contributed by atoms with Crippen molar-refractivity contribution >= 4 is 11.7 Å². The molecule has 1 aromatic rings. The summed E-state index contributed by atoms with van der Waals surface area (Å²) in [5, 5.41) is 3.00. The predicted molar refractivity (Wildman–Crippen MR) is 72.1 cm³/mol. The van der Waals surface area contributed by atoms with Gasteiger partial charge < -0.3 is 11.1 Å². The second kappa shape index (κ2) is 7.63. The number of carbonyl (C=O) groups excluding carboxylic acids is 1. The number of nitrogens with two attached hydrogens (primary N) is 1. The number of nitrogen functional groups attached to an aromatic ring is 1. The van der Waals surface area contributed by atoms with Crippen LogP contribution in [0.15, 0.2) is 12.4 Å². The van der Waals surface area contributed by atoms with Crippen molar-refractivity contribution in [3.63, 3.8) is 0 Å². The molecule has 5 heteroatoms. The Balaban J connectivity index is 2.59. The summed E-state index contributed by atoms with van der Waals surface area (Å²) >= 11 is 0. The topological polar surface area (TPSA) is 80.9 Å². The lowest BCUT2D eigenvalue weighted by atomic mass is 10.1. The van der Waals surface area contributed by atoms with E-state index in [1.54, 1.807) is 0 Å². The monoisotopic (exact) mass is 250 g/mol. The van der Waals surface area contributed by atoms with Crippen LogP contribution in [-0.2, 0) is 0 Å². The van der Waals surface area contributed by atoms with Gasteiger partial charge in [-0.1, -0.05) is 33.1 Å². The molecule has 1 amide bonds. The van der Waals surface area contributed by atoms with Gasteiger partial charge >= 0.3 is 0 Å². The molecule has 0 radical (unpaired) electrons. The molecular formula is C13H22N4O. The number of unbranched alkanes of at least 4 members (excludes halogenated alkanes) is 1. The predicted octanol–water partition coefficient (Wildman–Crippen LogP) is 2.15. The number of amides is 1. The first-order chi connectivity index (χ1) is 8.67. The molecule has 1 aromatic heterocycles. The van der Waals surface area contributed by atoms with Gasteiger partial charge in [0.2, 0.25) is 0 Å². The largest absolute Gasteiger partial charge is 0.382 e. The van der Waals surface area contributed by atoms with Crippen molar-refractivity contribution in [2.75, 3.05) is 5.73 Å². The van der Waals surface area contributed by atoms with Gasteiger partial charge in [0, 0.05) is 6.04 Å². The summed E-state index contributed by atoms with van der Waals surface area (Å²) in [5.74, 6) is 0.0765. The van der Waals surface area contributed by atoms with Gasteiger partial charge in [0.15, 0.2) is 0 Å². The van der Waals surface area contributed by atoms with Crippen molar-refractivity contribution in [1.82, 2.24) is 15.3 Å². The van der Waals surface area contributed by atoms with Crippen molar-refractivity contribution in [3.05, 3.63) is 18.1 Å². The van der Waals surface area contributed by atoms with Crippen molar-refractivity contribution in [3.8, 4) is 0 Å². The standard InChI is InChI=1S/C13H22N4O/c1-3-5-7-10(6-4-2)16-13(18)11-8-15-9-12(14)17-11/h8-10H,3-7H2,1-2H3,(H2,14,17)(H,16,18). The van der Waals surface area contributed by atoms with Gasteiger partial charge in [-0.2, -0.15) is 0 Å². The first kappa shape index (κ1) is 14.4. The maximum atomic E-state index is 12.0. The van der Waals surface area contributed by atoms with Crippen LogP contribution in [0.4, 0.5) is 5.82 Å².